The monoisotopic (exact) mass is 262 g/mol. The minimum atomic E-state index is 0.316. The van der Waals surface area contributed by atoms with E-state index in [-0.39, 0.29) is 0 Å². The first-order valence-corrected chi connectivity index (χ1v) is 7.05. The zero-order chi connectivity index (χ0) is 13.2. The van der Waals surface area contributed by atoms with E-state index in [2.05, 4.69) is 29.8 Å². The van der Waals surface area contributed by atoms with Gasteiger partial charge in [-0.25, -0.2) is 4.98 Å². The molecule has 0 aromatic carbocycles. The van der Waals surface area contributed by atoms with Crippen LogP contribution in [0, 0.1) is 11.3 Å². The highest BCUT2D eigenvalue weighted by Crippen LogP contribution is 2.33. The first-order valence-electron chi connectivity index (χ1n) is 6.06. The summed E-state index contributed by atoms with van der Waals surface area (Å²) in [5.74, 6) is 1.89. The van der Waals surface area contributed by atoms with Crippen molar-refractivity contribution in [2.45, 2.75) is 25.0 Å². The lowest BCUT2D eigenvalue weighted by Crippen LogP contribution is -2.28. The maximum absolute atomic E-state index is 8.81. The quantitative estimate of drug-likeness (QED) is 0.841. The van der Waals surface area contributed by atoms with Crippen molar-refractivity contribution in [2.75, 3.05) is 29.5 Å². The molecule has 96 valence electrons. The number of nitrogen functional groups attached to an aromatic ring is 1. The first-order chi connectivity index (χ1) is 8.52. The Hall–Kier alpha value is -1.41. The number of thioether (sulfide) groups is 1. The number of nitrogens with zero attached hydrogens (tertiary/aromatic N) is 3. The van der Waals surface area contributed by atoms with Crippen LogP contribution in [0.3, 0.4) is 0 Å². The molecule has 2 N–H and O–H groups in total. The summed E-state index contributed by atoms with van der Waals surface area (Å²) in [7, 11) is 0. The lowest BCUT2D eigenvalue weighted by molar-refractivity contribution is 0.635. The van der Waals surface area contributed by atoms with Gasteiger partial charge in [0.1, 0.15) is 6.07 Å². The molecule has 18 heavy (non-hydrogen) atoms. The third-order valence-electron chi connectivity index (χ3n) is 3.16. The molecule has 2 rings (SSSR count). The Labute approximate surface area is 112 Å². The van der Waals surface area contributed by atoms with E-state index in [0.717, 1.165) is 31.1 Å². The van der Waals surface area contributed by atoms with Crippen LogP contribution in [0.2, 0.25) is 0 Å². The Bertz CT molecular complexity index is 478. The molecule has 5 heteroatoms. The summed E-state index contributed by atoms with van der Waals surface area (Å²) in [6.07, 6.45) is 2.70. The lowest BCUT2D eigenvalue weighted by Gasteiger charge is -2.24. The van der Waals surface area contributed by atoms with Gasteiger partial charge in [0.25, 0.3) is 0 Å². The van der Waals surface area contributed by atoms with Crippen LogP contribution >= 0.6 is 11.8 Å². The minimum Gasteiger partial charge on any atom is -0.396 e. The van der Waals surface area contributed by atoms with Gasteiger partial charge in [-0.3, -0.25) is 0 Å². The van der Waals surface area contributed by atoms with Gasteiger partial charge in [-0.15, -0.1) is 0 Å². The van der Waals surface area contributed by atoms with Crippen molar-refractivity contribution in [1.29, 1.82) is 5.26 Å². The molecule has 2 heterocycles. The third kappa shape index (κ3) is 2.88. The van der Waals surface area contributed by atoms with Gasteiger partial charge in [0.15, 0.2) is 5.82 Å². The molecule has 0 atom stereocenters. The topological polar surface area (TPSA) is 65.9 Å². The van der Waals surface area contributed by atoms with Gasteiger partial charge in [-0.05, 0) is 12.5 Å². The van der Waals surface area contributed by atoms with Gasteiger partial charge >= 0.3 is 0 Å². The SMILES string of the molecule is CC1(C)CCN(c2ncc(C#N)cc2N)CCS1. The van der Waals surface area contributed by atoms with Crippen molar-refractivity contribution in [2.24, 2.45) is 0 Å². The lowest BCUT2D eigenvalue weighted by atomic mass is 10.1. The minimum absolute atomic E-state index is 0.316. The van der Waals surface area contributed by atoms with E-state index in [1.165, 1.54) is 0 Å². The summed E-state index contributed by atoms with van der Waals surface area (Å²) in [6.45, 7) is 6.47. The molecule has 0 aliphatic carbocycles. The molecular formula is C13H18N4S. The molecule has 0 amide bonds. The molecule has 0 radical (unpaired) electrons. The van der Waals surface area contributed by atoms with Crippen LogP contribution in [0.4, 0.5) is 11.5 Å². The number of anilines is 2. The molecule has 1 aliphatic heterocycles. The first kappa shape index (κ1) is 13.0. The fourth-order valence-corrected chi connectivity index (χ4v) is 3.13. The number of pyridine rings is 1. The molecule has 0 unspecified atom stereocenters. The average Bonchev–Trinajstić information content (AvgIpc) is 2.50. The largest absolute Gasteiger partial charge is 0.396 e. The molecule has 1 aliphatic rings. The van der Waals surface area contributed by atoms with Crippen molar-refractivity contribution < 1.29 is 0 Å². The summed E-state index contributed by atoms with van der Waals surface area (Å²) < 4.78 is 0.316. The van der Waals surface area contributed by atoms with Gasteiger partial charge < -0.3 is 10.6 Å². The normalized spacial score (nSPS) is 19.1. The number of hydrogen-bond acceptors (Lipinski definition) is 5. The van der Waals surface area contributed by atoms with Crippen LogP contribution < -0.4 is 10.6 Å². The van der Waals surface area contributed by atoms with E-state index in [1.807, 2.05) is 11.8 Å². The maximum Gasteiger partial charge on any atom is 0.151 e. The van der Waals surface area contributed by atoms with Crippen LogP contribution in [-0.4, -0.2) is 28.6 Å². The van der Waals surface area contributed by atoms with Crippen molar-refractivity contribution in [3.8, 4) is 6.07 Å². The van der Waals surface area contributed by atoms with Crippen molar-refractivity contribution in [1.82, 2.24) is 4.98 Å². The van der Waals surface area contributed by atoms with Crippen molar-refractivity contribution in [3.63, 3.8) is 0 Å². The van der Waals surface area contributed by atoms with E-state index < -0.39 is 0 Å². The van der Waals surface area contributed by atoms with Gasteiger partial charge in [0.2, 0.25) is 0 Å². The average molecular weight is 262 g/mol. The Kier molecular flexibility index (Phi) is 3.67. The molecule has 0 spiro atoms. The number of aromatic nitrogens is 1. The van der Waals surface area contributed by atoms with Crippen LogP contribution in [-0.2, 0) is 0 Å². The van der Waals surface area contributed by atoms with Crippen molar-refractivity contribution in [3.05, 3.63) is 17.8 Å². The summed E-state index contributed by atoms with van der Waals surface area (Å²) in [6, 6.07) is 3.76. The maximum atomic E-state index is 8.81. The molecule has 1 aromatic rings. The molecule has 4 nitrogen and oxygen atoms in total. The number of nitriles is 1. The van der Waals surface area contributed by atoms with Crippen LogP contribution in [0.15, 0.2) is 12.3 Å². The number of rotatable bonds is 1. The van der Waals surface area contributed by atoms with Crippen LogP contribution in [0.5, 0.6) is 0 Å². The zero-order valence-corrected chi connectivity index (χ0v) is 11.6. The van der Waals surface area contributed by atoms with Gasteiger partial charge in [-0.1, -0.05) is 13.8 Å². The highest BCUT2D eigenvalue weighted by Gasteiger charge is 2.24. The summed E-state index contributed by atoms with van der Waals surface area (Å²) in [5.41, 5.74) is 7.10. The second kappa shape index (κ2) is 5.07. The van der Waals surface area contributed by atoms with E-state index in [4.69, 9.17) is 11.0 Å². The molecule has 1 saturated heterocycles. The Morgan fingerprint density at radius 3 is 2.94 bits per heavy atom. The second-order valence-corrected chi connectivity index (χ2v) is 6.90. The third-order valence-corrected chi connectivity index (χ3v) is 4.53. The highest BCUT2D eigenvalue weighted by molar-refractivity contribution is 8.00. The summed E-state index contributed by atoms with van der Waals surface area (Å²) in [5, 5.41) is 8.81. The van der Waals surface area contributed by atoms with Gasteiger partial charge in [-0.2, -0.15) is 17.0 Å². The number of nitrogens with two attached hydrogens (primary N) is 1. The summed E-state index contributed by atoms with van der Waals surface area (Å²) in [4.78, 5) is 6.55. The smallest absolute Gasteiger partial charge is 0.151 e. The molecular weight excluding hydrogens is 244 g/mol. The van der Waals surface area contributed by atoms with Gasteiger partial charge in [0.05, 0.1) is 11.3 Å². The van der Waals surface area contributed by atoms with Gasteiger partial charge in [0, 0.05) is 29.8 Å². The highest BCUT2D eigenvalue weighted by atomic mass is 32.2. The fourth-order valence-electron chi connectivity index (χ4n) is 2.03. The van der Waals surface area contributed by atoms with Crippen molar-refractivity contribution >= 4 is 23.3 Å². The van der Waals surface area contributed by atoms with E-state index in [9.17, 15) is 0 Å². The van der Waals surface area contributed by atoms with Crippen LogP contribution in [0.25, 0.3) is 0 Å². The Morgan fingerprint density at radius 2 is 2.28 bits per heavy atom. The molecule has 0 saturated carbocycles. The predicted octanol–water partition coefficient (Wildman–Crippen LogP) is 2.26. The fraction of sp³-hybridized carbons (Fsp3) is 0.538. The molecule has 0 bridgehead atoms. The van der Waals surface area contributed by atoms with E-state index in [1.54, 1.807) is 12.3 Å². The zero-order valence-electron chi connectivity index (χ0n) is 10.8. The standard InChI is InChI=1S/C13H18N4S/c1-13(2)3-4-17(5-6-18-13)12-11(15)7-10(8-14)9-16-12/h7,9H,3-6,15H2,1-2H3. The Morgan fingerprint density at radius 1 is 1.50 bits per heavy atom. The molecule has 1 fully saturated rings. The number of hydrogen-bond donors (Lipinski definition) is 1. The predicted molar refractivity (Wildman–Crippen MR) is 76.7 cm³/mol. The summed E-state index contributed by atoms with van der Waals surface area (Å²) >= 11 is 1.99. The van der Waals surface area contributed by atoms with E-state index in [0.29, 0.717) is 16.0 Å². The molecule has 1 aromatic heterocycles. The second-order valence-electron chi connectivity index (χ2n) is 5.09. The van der Waals surface area contributed by atoms with Crippen LogP contribution in [0.1, 0.15) is 25.8 Å². The Balaban J connectivity index is 2.19. The van der Waals surface area contributed by atoms with E-state index >= 15 is 0 Å².